The molecular weight excluding hydrogens is 204 g/mol. The number of ether oxygens (including phenoxy) is 1. The fraction of sp³-hybridized carbons (Fsp3) is 0.889. The Hall–Kier alpha value is -0.420. The van der Waals surface area contributed by atoms with E-state index in [0.29, 0.717) is 26.1 Å². The summed E-state index contributed by atoms with van der Waals surface area (Å²) < 4.78 is 26.5. The lowest BCUT2D eigenvalue weighted by molar-refractivity contribution is -0.119. The number of ketones is 1. The van der Waals surface area contributed by atoms with Crippen LogP contribution >= 0.6 is 0 Å². The summed E-state index contributed by atoms with van der Waals surface area (Å²) in [5.41, 5.74) is 0. The summed E-state index contributed by atoms with van der Waals surface area (Å²) in [6, 6.07) is 0. The van der Waals surface area contributed by atoms with E-state index in [1.54, 1.807) is 0 Å². The molecule has 0 saturated carbocycles. The van der Waals surface area contributed by atoms with Crippen LogP contribution in [0.2, 0.25) is 0 Å². The molecule has 0 fully saturated rings. The van der Waals surface area contributed by atoms with Crippen LogP contribution in [0.5, 0.6) is 0 Å². The summed E-state index contributed by atoms with van der Waals surface area (Å²) in [6.45, 7) is 3.12. The maximum absolute atomic E-state index is 11.1. The SMILES string of the molecule is CCOCCCC(=O)CCS(C)(=O)=O. The van der Waals surface area contributed by atoms with Gasteiger partial charge >= 0.3 is 0 Å². The summed E-state index contributed by atoms with van der Waals surface area (Å²) in [5, 5.41) is 0. The maximum Gasteiger partial charge on any atom is 0.147 e. The van der Waals surface area contributed by atoms with Crippen molar-refractivity contribution < 1.29 is 17.9 Å². The Morgan fingerprint density at radius 3 is 2.43 bits per heavy atom. The first-order chi connectivity index (χ1) is 6.45. The molecule has 0 bridgehead atoms. The summed E-state index contributed by atoms with van der Waals surface area (Å²) in [5.74, 6) is -0.0457. The lowest BCUT2D eigenvalue weighted by Gasteiger charge is -2.00. The number of carbonyl (C=O) groups excluding carboxylic acids is 1. The topological polar surface area (TPSA) is 60.4 Å². The summed E-state index contributed by atoms with van der Waals surface area (Å²) in [6.07, 6.45) is 2.36. The van der Waals surface area contributed by atoms with Crippen LogP contribution in [-0.2, 0) is 19.4 Å². The van der Waals surface area contributed by atoms with Gasteiger partial charge in [-0.25, -0.2) is 8.42 Å². The maximum atomic E-state index is 11.1. The Labute approximate surface area is 85.6 Å². The van der Waals surface area contributed by atoms with Crippen LogP contribution < -0.4 is 0 Å². The van der Waals surface area contributed by atoms with Crippen molar-refractivity contribution in [3.63, 3.8) is 0 Å². The lowest BCUT2D eigenvalue weighted by Crippen LogP contribution is -2.09. The molecule has 0 rings (SSSR count). The van der Waals surface area contributed by atoms with Crippen LogP contribution in [0.1, 0.15) is 26.2 Å². The largest absolute Gasteiger partial charge is 0.382 e. The van der Waals surface area contributed by atoms with Crippen LogP contribution in [0.3, 0.4) is 0 Å². The molecule has 0 amide bonds. The first-order valence-corrected chi connectivity index (χ1v) is 6.79. The molecule has 0 unspecified atom stereocenters. The van der Waals surface area contributed by atoms with Crippen LogP contribution in [0.25, 0.3) is 0 Å². The van der Waals surface area contributed by atoms with Gasteiger partial charge in [-0.15, -0.1) is 0 Å². The van der Waals surface area contributed by atoms with Gasteiger partial charge in [0.2, 0.25) is 0 Å². The van der Waals surface area contributed by atoms with Gasteiger partial charge in [-0.2, -0.15) is 0 Å². The Bertz CT molecular complexity index is 256. The monoisotopic (exact) mass is 222 g/mol. The van der Waals surface area contributed by atoms with E-state index in [2.05, 4.69) is 0 Å². The molecule has 0 aliphatic rings. The van der Waals surface area contributed by atoms with Crippen molar-refractivity contribution in [3.05, 3.63) is 0 Å². The van der Waals surface area contributed by atoms with E-state index in [0.717, 1.165) is 6.26 Å². The van der Waals surface area contributed by atoms with Gasteiger partial charge in [-0.1, -0.05) is 0 Å². The number of carbonyl (C=O) groups is 1. The van der Waals surface area contributed by atoms with Crippen molar-refractivity contribution in [2.24, 2.45) is 0 Å². The molecule has 5 heteroatoms. The Morgan fingerprint density at radius 1 is 1.29 bits per heavy atom. The third kappa shape index (κ3) is 9.67. The Morgan fingerprint density at radius 2 is 1.93 bits per heavy atom. The molecule has 0 atom stereocenters. The average molecular weight is 222 g/mol. The summed E-state index contributed by atoms with van der Waals surface area (Å²) in [4.78, 5) is 11.1. The number of hydrogen-bond donors (Lipinski definition) is 0. The van der Waals surface area contributed by atoms with Crippen molar-refractivity contribution >= 4 is 15.6 Å². The van der Waals surface area contributed by atoms with Crippen LogP contribution in [0.15, 0.2) is 0 Å². The minimum Gasteiger partial charge on any atom is -0.382 e. The molecular formula is C9H18O4S. The highest BCUT2D eigenvalue weighted by Gasteiger charge is 2.07. The molecule has 84 valence electrons. The van der Waals surface area contributed by atoms with Crippen LogP contribution in [-0.4, -0.2) is 39.4 Å². The Kier molecular flexibility index (Phi) is 6.74. The van der Waals surface area contributed by atoms with E-state index in [1.165, 1.54) is 0 Å². The highest BCUT2D eigenvalue weighted by Crippen LogP contribution is 1.98. The molecule has 0 radical (unpaired) electrons. The zero-order chi connectivity index (χ0) is 11.0. The third-order valence-corrected chi connectivity index (χ3v) is 2.65. The minimum atomic E-state index is -3.01. The summed E-state index contributed by atoms with van der Waals surface area (Å²) in [7, 11) is -3.01. The van der Waals surface area contributed by atoms with Crippen molar-refractivity contribution in [1.82, 2.24) is 0 Å². The van der Waals surface area contributed by atoms with Gasteiger partial charge in [-0.3, -0.25) is 4.79 Å². The summed E-state index contributed by atoms with van der Waals surface area (Å²) >= 11 is 0. The molecule has 0 spiro atoms. The van der Waals surface area contributed by atoms with Crippen molar-refractivity contribution in [2.75, 3.05) is 25.2 Å². The van der Waals surface area contributed by atoms with Gasteiger partial charge in [0.25, 0.3) is 0 Å². The number of sulfone groups is 1. The first kappa shape index (κ1) is 13.6. The lowest BCUT2D eigenvalue weighted by atomic mass is 10.2. The van der Waals surface area contributed by atoms with E-state index < -0.39 is 9.84 Å². The van der Waals surface area contributed by atoms with E-state index >= 15 is 0 Å². The van der Waals surface area contributed by atoms with Crippen LogP contribution in [0.4, 0.5) is 0 Å². The van der Waals surface area contributed by atoms with E-state index in [4.69, 9.17) is 4.74 Å². The van der Waals surface area contributed by atoms with Crippen molar-refractivity contribution in [1.29, 1.82) is 0 Å². The average Bonchev–Trinajstić information content (AvgIpc) is 2.08. The van der Waals surface area contributed by atoms with Gasteiger partial charge in [0, 0.05) is 32.3 Å². The highest BCUT2D eigenvalue weighted by molar-refractivity contribution is 7.90. The second kappa shape index (κ2) is 6.95. The van der Waals surface area contributed by atoms with E-state index in [9.17, 15) is 13.2 Å². The van der Waals surface area contributed by atoms with Crippen molar-refractivity contribution in [3.8, 4) is 0 Å². The zero-order valence-corrected chi connectivity index (χ0v) is 9.60. The third-order valence-electron chi connectivity index (χ3n) is 1.70. The molecule has 14 heavy (non-hydrogen) atoms. The predicted octanol–water partition coefficient (Wildman–Crippen LogP) is 0.807. The molecule has 0 aliphatic heterocycles. The van der Waals surface area contributed by atoms with Gasteiger partial charge in [-0.05, 0) is 13.3 Å². The van der Waals surface area contributed by atoms with Gasteiger partial charge in [0.1, 0.15) is 15.6 Å². The quantitative estimate of drug-likeness (QED) is 0.570. The molecule has 0 N–H and O–H groups in total. The molecule has 4 nitrogen and oxygen atoms in total. The first-order valence-electron chi connectivity index (χ1n) is 4.73. The van der Waals surface area contributed by atoms with Gasteiger partial charge in [0.05, 0.1) is 5.75 Å². The molecule has 0 aromatic heterocycles. The normalized spacial score (nSPS) is 11.6. The second-order valence-electron chi connectivity index (χ2n) is 3.22. The highest BCUT2D eigenvalue weighted by atomic mass is 32.2. The van der Waals surface area contributed by atoms with Crippen molar-refractivity contribution in [2.45, 2.75) is 26.2 Å². The predicted molar refractivity (Wildman–Crippen MR) is 55.1 cm³/mol. The smallest absolute Gasteiger partial charge is 0.147 e. The van der Waals surface area contributed by atoms with E-state index in [1.807, 2.05) is 6.92 Å². The zero-order valence-electron chi connectivity index (χ0n) is 8.78. The molecule has 0 aromatic carbocycles. The number of Topliss-reactive ketones (excluding diaryl/α,β-unsaturated/α-hetero) is 1. The molecule has 0 aliphatic carbocycles. The van der Waals surface area contributed by atoms with E-state index in [-0.39, 0.29) is 18.0 Å². The number of hydrogen-bond acceptors (Lipinski definition) is 4. The molecule has 0 aromatic rings. The minimum absolute atomic E-state index is 0.00451. The number of rotatable bonds is 8. The van der Waals surface area contributed by atoms with Gasteiger partial charge < -0.3 is 4.74 Å². The fourth-order valence-electron chi connectivity index (χ4n) is 0.940. The standard InChI is InChI=1S/C9H18O4S/c1-3-13-7-4-5-9(10)6-8-14(2,11)12/h3-8H2,1-2H3. The fourth-order valence-corrected chi connectivity index (χ4v) is 1.54. The van der Waals surface area contributed by atoms with Gasteiger partial charge in [0.15, 0.2) is 0 Å². The molecule has 0 saturated heterocycles. The van der Waals surface area contributed by atoms with Crippen LogP contribution in [0, 0.1) is 0 Å². The molecule has 0 heterocycles. The Balaban J connectivity index is 3.47. The second-order valence-corrected chi connectivity index (χ2v) is 5.48.